The monoisotopic (exact) mass is 377 g/mol. The number of hydrogen-bond acceptors (Lipinski definition) is 4. The summed E-state index contributed by atoms with van der Waals surface area (Å²) >= 11 is 6.00. The summed E-state index contributed by atoms with van der Waals surface area (Å²) in [6, 6.07) is 12.4. The van der Waals surface area contributed by atoms with Crippen LogP contribution < -0.4 is 19.5 Å². The lowest BCUT2D eigenvalue weighted by Gasteiger charge is -2.19. The van der Waals surface area contributed by atoms with Crippen molar-refractivity contribution >= 4 is 17.5 Å². The molecule has 0 aliphatic rings. The van der Waals surface area contributed by atoms with Crippen molar-refractivity contribution in [3.05, 3.63) is 53.1 Å². The third-order valence-electron chi connectivity index (χ3n) is 3.76. The van der Waals surface area contributed by atoms with Crippen molar-refractivity contribution in [2.24, 2.45) is 0 Å². The lowest BCUT2D eigenvalue weighted by Crippen LogP contribution is -2.43. The van der Waals surface area contributed by atoms with Gasteiger partial charge in [0.25, 0.3) is 5.91 Å². The van der Waals surface area contributed by atoms with E-state index in [0.29, 0.717) is 23.1 Å². The van der Waals surface area contributed by atoms with E-state index >= 15 is 0 Å². The Hall–Kier alpha value is -2.40. The number of rotatable bonds is 8. The highest BCUT2D eigenvalue weighted by molar-refractivity contribution is 6.31. The van der Waals surface area contributed by atoms with Gasteiger partial charge in [0, 0.05) is 5.02 Å². The van der Waals surface area contributed by atoms with Crippen LogP contribution in [0.4, 0.5) is 0 Å². The molecule has 0 saturated heterocycles. The van der Waals surface area contributed by atoms with Crippen LogP contribution in [-0.4, -0.2) is 31.8 Å². The number of halogens is 1. The summed E-state index contributed by atoms with van der Waals surface area (Å²) in [5, 5.41) is 3.54. The molecule has 2 atom stereocenters. The zero-order chi connectivity index (χ0) is 19.1. The van der Waals surface area contributed by atoms with Crippen LogP contribution in [0.2, 0.25) is 5.02 Å². The van der Waals surface area contributed by atoms with Crippen LogP contribution >= 0.6 is 11.6 Å². The van der Waals surface area contributed by atoms with E-state index in [1.165, 1.54) is 0 Å². The summed E-state index contributed by atoms with van der Waals surface area (Å²) in [4.78, 5) is 12.3. The zero-order valence-electron chi connectivity index (χ0n) is 15.4. The van der Waals surface area contributed by atoms with E-state index in [1.807, 2.05) is 44.2 Å². The number of methoxy groups -OCH3 is 1. The molecule has 0 radical (unpaired) electrons. The first-order valence-electron chi connectivity index (χ1n) is 8.39. The molecule has 0 bridgehead atoms. The quantitative estimate of drug-likeness (QED) is 0.755. The van der Waals surface area contributed by atoms with Gasteiger partial charge in [0.05, 0.1) is 13.2 Å². The van der Waals surface area contributed by atoms with Crippen LogP contribution in [0.25, 0.3) is 0 Å². The number of carbonyl (C=O) groups is 1. The van der Waals surface area contributed by atoms with Crippen LogP contribution in [0, 0.1) is 6.92 Å². The molecule has 2 rings (SSSR count). The SMILES string of the molecule is COc1ccc(OCC(C)NC(=O)C(C)Oc2ccc(Cl)c(C)c2)cc1. The van der Waals surface area contributed by atoms with Crippen LogP contribution in [-0.2, 0) is 4.79 Å². The number of benzene rings is 2. The Morgan fingerprint density at radius 1 is 1.08 bits per heavy atom. The third kappa shape index (κ3) is 5.85. The van der Waals surface area contributed by atoms with Gasteiger partial charge in [-0.05, 0) is 68.8 Å². The fraction of sp³-hybridized carbons (Fsp3) is 0.350. The summed E-state index contributed by atoms with van der Waals surface area (Å²) < 4.78 is 16.4. The van der Waals surface area contributed by atoms with Crippen molar-refractivity contribution in [2.75, 3.05) is 13.7 Å². The highest BCUT2D eigenvalue weighted by Crippen LogP contribution is 2.22. The second-order valence-corrected chi connectivity index (χ2v) is 6.47. The van der Waals surface area contributed by atoms with E-state index in [0.717, 1.165) is 11.3 Å². The number of carbonyl (C=O) groups excluding carboxylic acids is 1. The third-order valence-corrected chi connectivity index (χ3v) is 4.18. The van der Waals surface area contributed by atoms with Crippen molar-refractivity contribution in [1.29, 1.82) is 0 Å². The summed E-state index contributed by atoms with van der Waals surface area (Å²) in [6.07, 6.45) is -0.626. The Morgan fingerprint density at radius 3 is 2.31 bits per heavy atom. The maximum atomic E-state index is 12.3. The largest absolute Gasteiger partial charge is 0.497 e. The van der Waals surface area contributed by atoms with Gasteiger partial charge in [-0.3, -0.25) is 4.79 Å². The number of amides is 1. The van der Waals surface area contributed by atoms with E-state index in [1.54, 1.807) is 26.2 Å². The molecule has 1 amide bonds. The molecule has 0 aromatic heterocycles. The lowest BCUT2D eigenvalue weighted by atomic mass is 10.2. The van der Waals surface area contributed by atoms with Crippen molar-refractivity contribution in [2.45, 2.75) is 32.9 Å². The highest BCUT2D eigenvalue weighted by Gasteiger charge is 2.17. The molecule has 0 fully saturated rings. The number of hydrogen-bond donors (Lipinski definition) is 1. The average molecular weight is 378 g/mol. The fourth-order valence-electron chi connectivity index (χ4n) is 2.24. The molecule has 26 heavy (non-hydrogen) atoms. The van der Waals surface area contributed by atoms with Crippen LogP contribution in [0.1, 0.15) is 19.4 Å². The normalized spacial score (nSPS) is 12.8. The van der Waals surface area contributed by atoms with Crippen molar-refractivity contribution in [3.63, 3.8) is 0 Å². The lowest BCUT2D eigenvalue weighted by molar-refractivity contribution is -0.128. The smallest absolute Gasteiger partial charge is 0.261 e. The first kappa shape index (κ1) is 19.9. The predicted molar refractivity (Wildman–Crippen MR) is 102 cm³/mol. The van der Waals surface area contributed by atoms with E-state index in [-0.39, 0.29) is 11.9 Å². The average Bonchev–Trinajstić information content (AvgIpc) is 2.63. The minimum Gasteiger partial charge on any atom is -0.497 e. The van der Waals surface area contributed by atoms with Gasteiger partial charge in [0.1, 0.15) is 23.9 Å². The summed E-state index contributed by atoms with van der Waals surface area (Å²) in [7, 11) is 1.61. The number of nitrogens with one attached hydrogen (secondary N) is 1. The van der Waals surface area contributed by atoms with Crippen molar-refractivity contribution in [1.82, 2.24) is 5.32 Å². The Labute approximate surface area is 159 Å². The van der Waals surface area contributed by atoms with Gasteiger partial charge in [-0.25, -0.2) is 0 Å². The second-order valence-electron chi connectivity index (χ2n) is 6.07. The molecular formula is C20H24ClNO4. The standard InChI is InChI=1S/C20H24ClNO4/c1-13-11-18(9-10-19(13)21)26-15(3)20(23)22-14(2)12-25-17-7-5-16(24-4)6-8-17/h5-11,14-15H,12H2,1-4H3,(H,22,23). The summed E-state index contributed by atoms with van der Waals surface area (Å²) in [5.74, 6) is 1.88. The molecule has 6 heteroatoms. The molecule has 0 aliphatic carbocycles. The number of aryl methyl sites for hydroxylation is 1. The minimum atomic E-state index is -0.626. The summed E-state index contributed by atoms with van der Waals surface area (Å²) in [5.41, 5.74) is 0.901. The minimum absolute atomic E-state index is 0.164. The first-order valence-corrected chi connectivity index (χ1v) is 8.77. The molecule has 5 nitrogen and oxygen atoms in total. The Morgan fingerprint density at radius 2 is 1.69 bits per heavy atom. The van der Waals surface area contributed by atoms with Gasteiger partial charge in [-0.1, -0.05) is 11.6 Å². The van der Waals surface area contributed by atoms with Crippen LogP contribution in [0.15, 0.2) is 42.5 Å². The number of ether oxygens (including phenoxy) is 3. The van der Waals surface area contributed by atoms with Gasteiger partial charge in [0.2, 0.25) is 0 Å². The maximum Gasteiger partial charge on any atom is 0.261 e. The van der Waals surface area contributed by atoms with Gasteiger partial charge in [-0.2, -0.15) is 0 Å². The van der Waals surface area contributed by atoms with E-state index in [2.05, 4.69) is 5.32 Å². The Kier molecular flexibility index (Phi) is 7.16. The molecule has 2 aromatic rings. The maximum absolute atomic E-state index is 12.3. The molecule has 140 valence electrons. The van der Waals surface area contributed by atoms with Gasteiger partial charge in [-0.15, -0.1) is 0 Å². The molecule has 2 unspecified atom stereocenters. The molecule has 0 heterocycles. The van der Waals surface area contributed by atoms with E-state index in [9.17, 15) is 4.79 Å². The molecule has 0 spiro atoms. The van der Waals surface area contributed by atoms with Gasteiger partial charge < -0.3 is 19.5 Å². The predicted octanol–water partition coefficient (Wildman–Crippen LogP) is 4.01. The van der Waals surface area contributed by atoms with E-state index in [4.69, 9.17) is 25.8 Å². The molecule has 0 aliphatic heterocycles. The molecular weight excluding hydrogens is 354 g/mol. The van der Waals surface area contributed by atoms with Crippen LogP contribution in [0.3, 0.4) is 0 Å². The second kappa shape index (κ2) is 9.34. The van der Waals surface area contributed by atoms with E-state index < -0.39 is 6.10 Å². The van der Waals surface area contributed by atoms with Crippen molar-refractivity contribution in [3.8, 4) is 17.2 Å². The molecule has 0 saturated carbocycles. The molecule has 2 aromatic carbocycles. The van der Waals surface area contributed by atoms with Crippen molar-refractivity contribution < 1.29 is 19.0 Å². The Balaban J connectivity index is 1.80. The Bertz CT molecular complexity index is 733. The fourth-order valence-corrected chi connectivity index (χ4v) is 2.36. The van der Waals surface area contributed by atoms with Gasteiger partial charge in [0.15, 0.2) is 6.10 Å². The first-order chi connectivity index (χ1) is 12.4. The summed E-state index contributed by atoms with van der Waals surface area (Å²) in [6.45, 7) is 5.82. The zero-order valence-corrected chi connectivity index (χ0v) is 16.2. The van der Waals surface area contributed by atoms with Crippen LogP contribution in [0.5, 0.6) is 17.2 Å². The topological polar surface area (TPSA) is 56.8 Å². The molecule has 1 N–H and O–H groups in total. The van der Waals surface area contributed by atoms with Gasteiger partial charge >= 0.3 is 0 Å². The highest BCUT2D eigenvalue weighted by atomic mass is 35.5.